The highest BCUT2D eigenvalue weighted by atomic mass is 16.5. The molecule has 0 bridgehead atoms. The first-order chi connectivity index (χ1) is 20.6. The smallest absolute Gasteiger partial charge is 0.259 e. The van der Waals surface area contributed by atoms with Gasteiger partial charge < -0.3 is 14.8 Å². The lowest BCUT2D eigenvalue weighted by molar-refractivity contribution is -0.116. The zero-order valence-corrected chi connectivity index (χ0v) is 23.9. The summed E-state index contributed by atoms with van der Waals surface area (Å²) in [7, 11) is 1.65. The third-order valence-corrected chi connectivity index (χ3v) is 7.99. The molecule has 42 heavy (non-hydrogen) atoms. The normalized spacial score (nSPS) is 18.0. The van der Waals surface area contributed by atoms with E-state index < -0.39 is 6.04 Å². The van der Waals surface area contributed by atoms with Crippen LogP contribution in [0.2, 0.25) is 0 Å². The van der Waals surface area contributed by atoms with E-state index in [0.29, 0.717) is 42.0 Å². The second-order valence-corrected chi connectivity index (χ2v) is 10.7. The van der Waals surface area contributed by atoms with Crippen LogP contribution in [0, 0.1) is 0 Å². The summed E-state index contributed by atoms with van der Waals surface area (Å²) in [6.45, 7) is 2.59. The number of hydrogen-bond acceptors (Lipinski definition) is 5. The van der Waals surface area contributed by atoms with Crippen molar-refractivity contribution in [3.63, 3.8) is 0 Å². The van der Waals surface area contributed by atoms with Gasteiger partial charge in [0.1, 0.15) is 11.5 Å². The Morgan fingerprint density at radius 3 is 2.36 bits per heavy atom. The molecule has 0 unspecified atom stereocenters. The van der Waals surface area contributed by atoms with E-state index in [1.165, 1.54) is 0 Å². The van der Waals surface area contributed by atoms with E-state index >= 15 is 0 Å². The fourth-order valence-electron chi connectivity index (χ4n) is 5.99. The maximum absolute atomic E-state index is 14.5. The van der Waals surface area contributed by atoms with Gasteiger partial charge in [-0.3, -0.25) is 14.5 Å². The molecule has 0 fully saturated rings. The molecule has 6 rings (SSSR count). The molecule has 0 spiro atoms. The number of carbonyl (C=O) groups is 2. The number of para-hydroxylation sites is 3. The number of rotatable bonds is 7. The SMILES string of the molecule is CCCOc1ccccc1[C@@H]1C2=C(C[C@@H](c3ccc(OC)cc3)CC2=O)Nc2ccccc2N1C(=O)c1ccccc1. The van der Waals surface area contributed by atoms with Crippen molar-refractivity contribution in [3.8, 4) is 11.5 Å². The van der Waals surface area contributed by atoms with Crippen LogP contribution >= 0.6 is 0 Å². The largest absolute Gasteiger partial charge is 0.497 e. The number of nitrogens with one attached hydrogen (secondary N) is 1. The minimum atomic E-state index is -0.679. The Labute approximate surface area is 246 Å². The molecule has 212 valence electrons. The zero-order valence-electron chi connectivity index (χ0n) is 23.9. The molecule has 1 amide bonds. The number of anilines is 2. The summed E-state index contributed by atoms with van der Waals surface area (Å²) in [6.07, 6.45) is 1.81. The van der Waals surface area contributed by atoms with E-state index in [2.05, 4.69) is 12.2 Å². The summed E-state index contributed by atoms with van der Waals surface area (Å²) < 4.78 is 11.6. The van der Waals surface area contributed by atoms with Crippen molar-refractivity contribution in [3.05, 3.63) is 131 Å². The molecule has 1 heterocycles. The number of ketones is 1. The van der Waals surface area contributed by atoms with Gasteiger partial charge in [-0.2, -0.15) is 0 Å². The standard InChI is InChI=1S/C36H34N2O4/c1-3-21-42-33-16-10-7-13-28(33)35-34-30(22-26(23-32(34)39)24-17-19-27(41-2)20-18-24)37-29-14-8-9-15-31(29)38(35)36(40)25-11-5-4-6-12-25/h4-20,26,35,37H,3,21-23H2,1-2H3/t26-,35-/m1/s1. The summed E-state index contributed by atoms with van der Waals surface area (Å²) in [6, 6.07) is 32.0. The number of methoxy groups -OCH3 is 1. The third kappa shape index (κ3) is 5.16. The number of nitrogens with zero attached hydrogens (tertiary/aromatic N) is 1. The summed E-state index contributed by atoms with van der Waals surface area (Å²) >= 11 is 0. The summed E-state index contributed by atoms with van der Waals surface area (Å²) in [5, 5.41) is 3.61. The molecule has 1 aliphatic carbocycles. The molecule has 4 aromatic carbocycles. The Kier molecular flexibility index (Phi) is 7.78. The van der Waals surface area contributed by atoms with E-state index in [1.807, 2.05) is 103 Å². The molecule has 1 N–H and O–H groups in total. The number of allylic oxidation sites excluding steroid dienone is 1. The van der Waals surface area contributed by atoms with Crippen LogP contribution in [-0.2, 0) is 4.79 Å². The quantitative estimate of drug-likeness (QED) is 0.252. The molecule has 1 aliphatic heterocycles. The lowest BCUT2D eigenvalue weighted by atomic mass is 9.78. The van der Waals surface area contributed by atoms with Crippen LogP contribution in [0.1, 0.15) is 59.6 Å². The first-order valence-electron chi connectivity index (χ1n) is 14.5. The van der Waals surface area contributed by atoms with Crippen molar-refractivity contribution in [1.82, 2.24) is 0 Å². The predicted octanol–water partition coefficient (Wildman–Crippen LogP) is 7.70. The maximum Gasteiger partial charge on any atom is 0.259 e. The van der Waals surface area contributed by atoms with E-state index in [1.54, 1.807) is 12.0 Å². The van der Waals surface area contributed by atoms with Crippen molar-refractivity contribution >= 4 is 23.1 Å². The predicted molar refractivity (Wildman–Crippen MR) is 165 cm³/mol. The van der Waals surface area contributed by atoms with Crippen LogP contribution in [0.5, 0.6) is 11.5 Å². The number of carbonyl (C=O) groups excluding carboxylic acids is 2. The van der Waals surface area contributed by atoms with Crippen molar-refractivity contribution < 1.29 is 19.1 Å². The molecule has 0 saturated heterocycles. The number of ether oxygens (including phenoxy) is 2. The van der Waals surface area contributed by atoms with Crippen LogP contribution in [0.25, 0.3) is 0 Å². The minimum absolute atomic E-state index is 0.00886. The molecular weight excluding hydrogens is 524 g/mol. The van der Waals surface area contributed by atoms with Gasteiger partial charge in [-0.1, -0.05) is 67.6 Å². The number of amides is 1. The first kappa shape index (κ1) is 27.3. The van der Waals surface area contributed by atoms with Crippen molar-refractivity contribution in [1.29, 1.82) is 0 Å². The van der Waals surface area contributed by atoms with Gasteiger partial charge >= 0.3 is 0 Å². The lowest BCUT2D eigenvalue weighted by Gasteiger charge is -2.36. The second-order valence-electron chi connectivity index (χ2n) is 10.7. The topological polar surface area (TPSA) is 67.9 Å². The summed E-state index contributed by atoms with van der Waals surface area (Å²) in [5.41, 5.74) is 5.35. The highest BCUT2D eigenvalue weighted by Crippen LogP contribution is 2.49. The van der Waals surface area contributed by atoms with E-state index in [9.17, 15) is 9.59 Å². The fraction of sp³-hybridized carbons (Fsp3) is 0.222. The number of benzene rings is 4. The van der Waals surface area contributed by atoms with Crippen LogP contribution in [0.3, 0.4) is 0 Å². The van der Waals surface area contributed by atoms with Crippen LogP contribution in [-0.4, -0.2) is 25.4 Å². The molecule has 0 saturated carbocycles. The van der Waals surface area contributed by atoms with Crippen molar-refractivity contribution in [2.45, 2.75) is 38.1 Å². The highest BCUT2D eigenvalue weighted by Gasteiger charge is 2.42. The number of fused-ring (bicyclic) bond motifs is 1. The zero-order chi connectivity index (χ0) is 29.1. The molecule has 4 aromatic rings. The molecule has 0 radical (unpaired) electrons. The Bertz CT molecular complexity index is 1630. The molecule has 0 aromatic heterocycles. The van der Waals surface area contributed by atoms with Crippen LogP contribution in [0.4, 0.5) is 11.4 Å². The van der Waals surface area contributed by atoms with Gasteiger partial charge in [0, 0.05) is 28.8 Å². The van der Waals surface area contributed by atoms with Gasteiger partial charge in [0.2, 0.25) is 0 Å². The van der Waals surface area contributed by atoms with Crippen molar-refractivity contribution in [2.24, 2.45) is 0 Å². The highest BCUT2D eigenvalue weighted by molar-refractivity contribution is 6.12. The van der Waals surface area contributed by atoms with E-state index in [-0.39, 0.29) is 17.6 Å². The van der Waals surface area contributed by atoms with E-state index in [0.717, 1.165) is 34.7 Å². The first-order valence-corrected chi connectivity index (χ1v) is 14.5. The second kappa shape index (κ2) is 12.0. The molecule has 2 atom stereocenters. The van der Waals surface area contributed by atoms with Gasteiger partial charge in [0.15, 0.2) is 5.78 Å². The average Bonchev–Trinajstić information content (AvgIpc) is 3.18. The Balaban J connectivity index is 1.55. The number of Topliss-reactive ketones (excluding diaryl/α,β-unsaturated/α-hetero) is 1. The van der Waals surface area contributed by atoms with Gasteiger partial charge in [-0.05, 0) is 66.8 Å². The van der Waals surface area contributed by atoms with Gasteiger partial charge in [0.05, 0.1) is 31.1 Å². The Hall–Kier alpha value is -4.84. The number of hydrogen-bond donors (Lipinski definition) is 1. The third-order valence-electron chi connectivity index (χ3n) is 7.99. The lowest BCUT2D eigenvalue weighted by Crippen LogP contribution is -2.38. The molecule has 2 aliphatic rings. The molecule has 6 nitrogen and oxygen atoms in total. The van der Waals surface area contributed by atoms with E-state index in [4.69, 9.17) is 9.47 Å². The Morgan fingerprint density at radius 2 is 1.60 bits per heavy atom. The van der Waals surface area contributed by atoms with Crippen LogP contribution in [0.15, 0.2) is 114 Å². The van der Waals surface area contributed by atoms with Gasteiger partial charge in [-0.25, -0.2) is 0 Å². The van der Waals surface area contributed by atoms with Gasteiger partial charge in [0.25, 0.3) is 5.91 Å². The Morgan fingerprint density at radius 1 is 0.881 bits per heavy atom. The molecule has 6 heteroatoms. The minimum Gasteiger partial charge on any atom is -0.497 e. The average molecular weight is 559 g/mol. The summed E-state index contributed by atoms with van der Waals surface area (Å²) in [4.78, 5) is 30.6. The fourth-order valence-corrected chi connectivity index (χ4v) is 5.99. The van der Waals surface area contributed by atoms with Gasteiger partial charge in [-0.15, -0.1) is 0 Å². The van der Waals surface area contributed by atoms with Crippen molar-refractivity contribution in [2.75, 3.05) is 23.9 Å². The van der Waals surface area contributed by atoms with Crippen LogP contribution < -0.4 is 19.7 Å². The summed E-state index contributed by atoms with van der Waals surface area (Å²) in [5.74, 6) is 1.27. The monoisotopic (exact) mass is 558 g/mol. The maximum atomic E-state index is 14.5. The molecular formula is C36H34N2O4.